The number of hydrogen-bond acceptors (Lipinski definition) is 12. The van der Waals surface area contributed by atoms with Gasteiger partial charge in [-0.3, -0.25) is 28.2 Å². The van der Waals surface area contributed by atoms with Crippen LogP contribution in [0.15, 0.2) is 24.3 Å². The van der Waals surface area contributed by atoms with Crippen molar-refractivity contribution in [3.8, 4) is 0 Å². The molecule has 0 aliphatic heterocycles. The number of aliphatic carboxylic acids is 1. The van der Waals surface area contributed by atoms with E-state index in [0.29, 0.717) is 12.8 Å². The first kappa shape index (κ1) is 63.8. The fourth-order valence-electron chi connectivity index (χ4n) is 6.52. The number of rotatable bonds is 46. The number of ether oxygens (including phenoxy) is 3. The van der Waals surface area contributed by atoms with Gasteiger partial charge >= 0.3 is 31.8 Å². The summed E-state index contributed by atoms with van der Waals surface area (Å²) in [7, 11) is -4.67. The van der Waals surface area contributed by atoms with Gasteiger partial charge in [-0.1, -0.05) is 141 Å². The average Bonchev–Trinajstić information content (AvgIpc) is 3.26. The van der Waals surface area contributed by atoms with E-state index in [-0.39, 0.29) is 58.1 Å². The molecule has 0 fully saturated rings. The summed E-state index contributed by atoms with van der Waals surface area (Å²) in [6, 6.07) is 0. The number of phosphoric acid groups is 1. The molecule has 2 atom stereocenters. The predicted octanol–water partition coefficient (Wildman–Crippen LogP) is 11.5. The molecule has 0 saturated carbocycles. The fraction of sp³-hybridized carbons (Fsp3) is 0.812. The van der Waals surface area contributed by atoms with Crippen LogP contribution < -0.4 is 16.8 Å². The molecular weight excluding hydrogens is 858 g/mol. The van der Waals surface area contributed by atoms with Gasteiger partial charge in [0.2, 0.25) is 5.91 Å². The van der Waals surface area contributed by atoms with E-state index >= 15 is 0 Å². The van der Waals surface area contributed by atoms with E-state index in [1.54, 1.807) is 0 Å². The van der Waals surface area contributed by atoms with Crippen LogP contribution in [-0.2, 0) is 47.0 Å². The van der Waals surface area contributed by atoms with Gasteiger partial charge in [-0.2, -0.15) is 0 Å². The molecule has 0 aromatic carbocycles. The third-order valence-corrected chi connectivity index (χ3v) is 11.3. The van der Waals surface area contributed by atoms with Crippen LogP contribution in [0.3, 0.4) is 0 Å². The number of hydrogen-bond donors (Lipinski definition) is 5. The lowest BCUT2D eigenvalue weighted by Gasteiger charge is -2.20. The highest BCUT2D eigenvalue weighted by molar-refractivity contribution is 7.47. The Morgan fingerprint density at radius 2 is 0.969 bits per heavy atom. The van der Waals surface area contributed by atoms with Crippen molar-refractivity contribution in [3.63, 3.8) is 0 Å². The molecule has 0 aliphatic rings. The van der Waals surface area contributed by atoms with Gasteiger partial charge in [-0.15, -0.1) is 0 Å². The number of unbranched alkanes of at least 4 members (excludes halogenated alkanes) is 22. The number of phosphoric ester groups is 1. The molecule has 17 heteroatoms. The maximum atomic E-state index is 12.8. The number of nitrogens with one attached hydrogen (secondary N) is 2. The number of carboxylic acid groups (broad SMARTS) is 1. The van der Waals surface area contributed by atoms with Crippen LogP contribution in [0.4, 0.5) is 4.79 Å². The Morgan fingerprint density at radius 3 is 1.46 bits per heavy atom. The Labute approximate surface area is 391 Å². The Hall–Kier alpha value is -3.30. The van der Waals surface area contributed by atoms with Crippen molar-refractivity contribution in [3.05, 3.63) is 24.3 Å². The first-order valence-corrected chi connectivity index (χ1v) is 26.1. The van der Waals surface area contributed by atoms with E-state index in [9.17, 15) is 33.4 Å². The van der Waals surface area contributed by atoms with Crippen molar-refractivity contribution in [2.24, 2.45) is 0 Å². The van der Waals surface area contributed by atoms with Crippen molar-refractivity contribution in [2.45, 2.75) is 213 Å². The van der Waals surface area contributed by atoms with Crippen LogP contribution in [0.5, 0.6) is 0 Å². The predicted molar refractivity (Wildman–Crippen MR) is 256 cm³/mol. The second-order valence-electron chi connectivity index (χ2n) is 16.4. The van der Waals surface area contributed by atoms with Gasteiger partial charge in [0.1, 0.15) is 13.2 Å². The molecule has 0 saturated heterocycles. The topological polar surface area (TPSA) is 248 Å². The quantitative estimate of drug-likeness (QED) is 0.0125. The summed E-state index contributed by atoms with van der Waals surface area (Å²) in [4.78, 5) is 69.5. The van der Waals surface area contributed by atoms with Crippen LogP contribution in [0, 0.1) is 0 Å². The molecule has 0 aromatic rings. The summed E-state index contributed by atoms with van der Waals surface area (Å²) in [5.41, 5.74) is 0. The van der Waals surface area contributed by atoms with Crippen molar-refractivity contribution in [1.29, 1.82) is 0 Å². The number of carbonyl (C=O) groups is 5. The van der Waals surface area contributed by atoms with Crippen LogP contribution in [-0.4, -0.2) is 85.5 Å². The molecule has 0 spiro atoms. The molecule has 380 valence electrons. The van der Waals surface area contributed by atoms with E-state index < -0.39 is 57.0 Å². The monoisotopic (exact) mass is 948 g/mol. The number of esters is 2. The summed E-state index contributed by atoms with van der Waals surface area (Å²) in [6.45, 7) is 2.67. The van der Waals surface area contributed by atoms with Gasteiger partial charge in [-0.05, 0) is 64.2 Å². The van der Waals surface area contributed by atoms with E-state index in [1.807, 2.05) is 0 Å². The summed E-state index contributed by atoms with van der Waals surface area (Å²) >= 11 is 0. The van der Waals surface area contributed by atoms with Crippen LogP contribution >= 0.6 is 7.82 Å². The van der Waals surface area contributed by atoms with Crippen LogP contribution in [0.2, 0.25) is 0 Å². The molecule has 16 nitrogen and oxygen atoms in total. The summed E-state index contributed by atoms with van der Waals surface area (Å²) < 4.78 is 38.4. The van der Waals surface area contributed by atoms with Crippen LogP contribution in [0.25, 0.3) is 0 Å². The lowest BCUT2D eigenvalue weighted by Crippen LogP contribution is -2.32. The normalized spacial score (nSPS) is 12.7. The van der Waals surface area contributed by atoms with Gasteiger partial charge in [0.25, 0.3) is 0 Å². The summed E-state index contributed by atoms with van der Waals surface area (Å²) in [6.07, 6.45) is 36.4. The molecular formula is C48H90N3O13P. The highest BCUT2D eigenvalue weighted by Crippen LogP contribution is 2.43. The molecule has 0 aromatic heterocycles. The molecule has 0 rings (SSSR count). The molecule has 1 unspecified atom stereocenters. The lowest BCUT2D eigenvalue weighted by molar-refractivity contribution is -0.161. The van der Waals surface area contributed by atoms with Crippen molar-refractivity contribution in [2.75, 3.05) is 39.5 Å². The zero-order chi connectivity index (χ0) is 47.2. The number of carbonyl (C=O) groups excluding carboxylic acids is 4. The minimum atomic E-state index is -4.67. The molecule has 0 radical (unpaired) electrons. The third kappa shape index (κ3) is 48.5. The molecule has 2 amide bonds. The van der Waals surface area contributed by atoms with Crippen molar-refractivity contribution < 1.29 is 61.8 Å². The molecule has 65 heavy (non-hydrogen) atoms. The largest absolute Gasteiger partial charge is 0.481 e. The third-order valence-electron chi connectivity index (χ3n) is 10.3. The smallest absolute Gasteiger partial charge is 0.472 e. The van der Waals surface area contributed by atoms with Gasteiger partial charge in [-0.25, -0.2) is 9.36 Å². The van der Waals surface area contributed by atoms with E-state index in [1.165, 1.54) is 77.0 Å². The summed E-state index contributed by atoms with van der Waals surface area (Å²) in [5.74, 6) is -2.59. The first-order valence-electron chi connectivity index (χ1n) is 24.6. The molecule has 0 heterocycles. The minimum absolute atomic E-state index is 0. The number of carboxylic acids is 1. The Kier molecular flexibility index (Phi) is 46.3. The maximum absolute atomic E-state index is 12.8. The van der Waals surface area contributed by atoms with E-state index in [2.05, 4.69) is 48.8 Å². The number of alkyl carbamates (subject to hydrolysis) is 1. The molecule has 7 N–H and O–H groups in total. The van der Waals surface area contributed by atoms with E-state index in [4.69, 9.17) is 28.4 Å². The zero-order valence-corrected chi connectivity index (χ0v) is 41.3. The van der Waals surface area contributed by atoms with Gasteiger partial charge in [0, 0.05) is 25.8 Å². The zero-order valence-electron chi connectivity index (χ0n) is 40.4. The highest BCUT2D eigenvalue weighted by Gasteiger charge is 2.26. The van der Waals surface area contributed by atoms with Crippen LogP contribution in [0.1, 0.15) is 206 Å². The number of allylic oxidation sites excluding steroid dienone is 4. The van der Waals surface area contributed by atoms with Gasteiger partial charge in [0.15, 0.2) is 6.10 Å². The van der Waals surface area contributed by atoms with Crippen molar-refractivity contribution in [1.82, 2.24) is 16.8 Å². The Morgan fingerprint density at radius 1 is 0.523 bits per heavy atom. The second kappa shape index (κ2) is 47.2. The minimum Gasteiger partial charge on any atom is -0.481 e. The highest BCUT2D eigenvalue weighted by atomic mass is 31.2. The maximum Gasteiger partial charge on any atom is 0.472 e. The standard InChI is InChI=1S/C48H87N2O13P.H3N/c1-3-5-7-9-11-13-15-17-19-21-23-25-27-29-31-33-46(54)60-41-43(63-47(55)34-32-30-28-26-24-22-20-18-16-14-12-10-8-6-4-2)42-62-64(57,58)61-40-38-50-48(56)59-39-37-49-44(51)35-36-45(52)53;/h17-20,43H,3-16,21-42H2,1-2H3,(H,49,51)(H,50,56)(H,52,53)(H,57,58);1H3/b19-17-,20-18-;/t43-;/m1./s1. The van der Waals surface area contributed by atoms with E-state index in [0.717, 1.165) is 77.0 Å². The Balaban J connectivity index is 0. The van der Waals surface area contributed by atoms with Gasteiger partial charge in [0.05, 0.1) is 26.2 Å². The molecule has 0 aliphatic carbocycles. The second-order valence-corrected chi connectivity index (χ2v) is 17.8. The van der Waals surface area contributed by atoms with Crippen molar-refractivity contribution >= 4 is 37.7 Å². The lowest BCUT2D eigenvalue weighted by atomic mass is 10.1. The molecule has 0 bridgehead atoms. The average molecular weight is 948 g/mol. The first-order chi connectivity index (χ1) is 31.0. The van der Waals surface area contributed by atoms with Gasteiger partial charge < -0.3 is 41.0 Å². The number of amides is 2. The Bertz CT molecular complexity index is 1300. The summed E-state index contributed by atoms with van der Waals surface area (Å²) in [5, 5.41) is 13.3. The SMILES string of the molecule is CCCCCCCC/C=C\CCCCCCCC(=O)OC[C@H](COP(=O)(O)OCCNC(=O)OCCNC(=O)CCC(=O)O)OC(=O)CCCCCCC/C=C\CCCCCCCC.N. The fourth-order valence-corrected chi connectivity index (χ4v) is 7.27.